The van der Waals surface area contributed by atoms with Crippen LogP contribution < -0.4 is 5.32 Å². The first-order valence-corrected chi connectivity index (χ1v) is 10.0. The van der Waals surface area contributed by atoms with Gasteiger partial charge in [-0.2, -0.15) is 0 Å². The molecule has 138 valence electrons. The van der Waals surface area contributed by atoms with E-state index in [1.165, 1.54) is 11.8 Å². The fraction of sp³-hybridized carbons (Fsp3) is 0.286. The molecule has 0 unspecified atom stereocenters. The van der Waals surface area contributed by atoms with Crippen LogP contribution in [0.3, 0.4) is 0 Å². The van der Waals surface area contributed by atoms with Crippen molar-refractivity contribution in [2.75, 3.05) is 5.32 Å². The van der Waals surface area contributed by atoms with E-state index in [0.717, 1.165) is 35.6 Å². The number of thioether (sulfide) groups is 1. The van der Waals surface area contributed by atoms with Gasteiger partial charge in [-0.05, 0) is 56.5 Å². The van der Waals surface area contributed by atoms with Crippen molar-refractivity contribution in [3.05, 3.63) is 66.0 Å². The number of carbonyl (C=O) groups is 1. The Labute approximate surface area is 163 Å². The molecule has 6 heteroatoms. The van der Waals surface area contributed by atoms with E-state index >= 15 is 0 Å². The minimum atomic E-state index is -0.288. The number of anilines is 1. The third kappa shape index (κ3) is 4.22. The van der Waals surface area contributed by atoms with Gasteiger partial charge in [0.25, 0.3) is 0 Å². The molecule has 0 aliphatic heterocycles. The number of hydrogen-bond donors (Lipinski definition) is 1. The van der Waals surface area contributed by atoms with Gasteiger partial charge < -0.3 is 5.32 Å². The highest BCUT2D eigenvalue weighted by atomic mass is 32.2. The zero-order chi connectivity index (χ0) is 18.8. The van der Waals surface area contributed by atoms with Crippen LogP contribution in [0.1, 0.15) is 37.1 Å². The second-order valence-electron chi connectivity index (χ2n) is 6.89. The summed E-state index contributed by atoms with van der Waals surface area (Å²) < 4.78 is 1.92. The largest absolute Gasteiger partial charge is 0.325 e. The van der Waals surface area contributed by atoms with Crippen LogP contribution in [0.15, 0.2) is 59.8 Å². The Bertz CT molecular complexity index is 950. The molecule has 1 fully saturated rings. The number of carbonyl (C=O) groups excluding carboxylic acids is 1. The summed E-state index contributed by atoms with van der Waals surface area (Å²) in [6.45, 7) is 3.89. The Hall–Kier alpha value is -2.60. The second kappa shape index (κ2) is 7.56. The first-order valence-electron chi connectivity index (χ1n) is 9.17. The zero-order valence-electron chi connectivity index (χ0n) is 15.4. The molecule has 1 amide bonds. The molecule has 0 saturated heterocycles. The molecule has 0 bridgehead atoms. The van der Waals surface area contributed by atoms with Gasteiger partial charge in [0.15, 0.2) is 0 Å². The number of hydrogen-bond acceptors (Lipinski definition) is 4. The molecule has 1 N–H and O–H groups in total. The van der Waals surface area contributed by atoms with Gasteiger partial charge in [0.05, 0.1) is 10.9 Å². The molecule has 3 aromatic rings. The maximum atomic E-state index is 12.5. The lowest BCUT2D eigenvalue weighted by Gasteiger charge is -2.10. The Balaban J connectivity index is 1.49. The maximum absolute atomic E-state index is 12.5. The normalized spacial score (nSPS) is 14.7. The van der Waals surface area contributed by atoms with E-state index in [9.17, 15) is 4.79 Å². The first-order chi connectivity index (χ1) is 13.1. The average Bonchev–Trinajstić information content (AvgIpc) is 3.43. The van der Waals surface area contributed by atoms with Crippen LogP contribution >= 0.6 is 11.8 Å². The van der Waals surface area contributed by atoms with Gasteiger partial charge in [0, 0.05) is 11.6 Å². The van der Waals surface area contributed by atoms with Crippen LogP contribution in [-0.4, -0.2) is 25.9 Å². The number of benzene rings is 2. The minimum Gasteiger partial charge on any atom is -0.325 e. The van der Waals surface area contributed by atoms with Crippen molar-refractivity contribution in [1.29, 1.82) is 0 Å². The predicted octanol–water partition coefficient (Wildman–Crippen LogP) is 4.57. The first kappa shape index (κ1) is 17.8. The van der Waals surface area contributed by atoms with Crippen molar-refractivity contribution >= 4 is 23.4 Å². The van der Waals surface area contributed by atoms with Crippen molar-refractivity contribution in [1.82, 2.24) is 14.8 Å². The van der Waals surface area contributed by atoms with Crippen LogP contribution in [0.25, 0.3) is 5.69 Å². The number of aromatic nitrogens is 3. The number of rotatable bonds is 6. The standard InChI is InChI=1S/C21H22N4OS/c1-14-7-6-8-17(13-14)22-20(26)15(2)27-21-23-19(16-11-12-16)25(24-21)18-9-4-3-5-10-18/h3-10,13,15-16H,11-12H2,1-2H3,(H,22,26)/t15-/m1/s1. The maximum Gasteiger partial charge on any atom is 0.237 e. The summed E-state index contributed by atoms with van der Waals surface area (Å²) in [6, 6.07) is 17.9. The number of amides is 1. The van der Waals surface area contributed by atoms with Crippen LogP contribution in [0, 0.1) is 6.92 Å². The summed E-state index contributed by atoms with van der Waals surface area (Å²) >= 11 is 1.39. The van der Waals surface area contributed by atoms with Gasteiger partial charge in [-0.1, -0.05) is 42.1 Å². The summed E-state index contributed by atoms with van der Waals surface area (Å²) in [5.41, 5.74) is 2.94. The SMILES string of the molecule is Cc1cccc(NC(=O)[C@@H](C)Sc2nc(C3CC3)n(-c3ccccc3)n2)c1. The molecular formula is C21H22N4OS. The van der Waals surface area contributed by atoms with Gasteiger partial charge in [0.2, 0.25) is 11.1 Å². The lowest BCUT2D eigenvalue weighted by atomic mass is 10.2. The van der Waals surface area contributed by atoms with E-state index in [0.29, 0.717) is 11.1 Å². The fourth-order valence-electron chi connectivity index (χ4n) is 2.90. The topological polar surface area (TPSA) is 59.8 Å². The quantitative estimate of drug-likeness (QED) is 0.638. The van der Waals surface area contributed by atoms with Crippen molar-refractivity contribution in [2.45, 2.75) is 43.0 Å². The highest BCUT2D eigenvalue weighted by molar-refractivity contribution is 8.00. The van der Waals surface area contributed by atoms with Crippen LogP contribution in [-0.2, 0) is 4.79 Å². The van der Waals surface area contributed by atoms with Crippen molar-refractivity contribution < 1.29 is 4.79 Å². The molecule has 5 nitrogen and oxygen atoms in total. The van der Waals surface area contributed by atoms with Gasteiger partial charge in [-0.25, -0.2) is 9.67 Å². The third-order valence-electron chi connectivity index (χ3n) is 4.49. The zero-order valence-corrected chi connectivity index (χ0v) is 16.2. The lowest BCUT2D eigenvalue weighted by molar-refractivity contribution is -0.115. The molecular weight excluding hydrogens is 356 g/mol. The van der Waals surface area contributed by atoms with Crippen LogP contribution in [0.4, 0.5) is 5.69 Å². The average molecular weight is 379 g/mol. The van der Waals surface area contributed by atoms with Crippen molar-refractivity contribution in [3.8, 4) is 5.69 Å². The molecule has 1 aliphatic rings. The summed E-state index contributed by atoms with van der Waals surface area (Å²) in [6.07, 6.45) is 2.30. The molecule has 4 rings (SSSR count). The highest BCUT2D eigenvalue weighted by Crippen LogP contribution is 2.40. The summed E-state index contributed by atoms with van der Waals surface area (Å²) in [5.74, 6) is 1.42. The minimum absolute atomic E-state index is 0.0466. The molecule has 0 spiro atoms. The second-order valence-corrected chi connectivity index (χ2v) is 8.20. The summed E-state index contributed by atoms with van der Waals surface area (Å²) in [4.78, 5) is 17.3. The van der Waals surface area contributed by atoms with Gasteiger partial charge in [-0.3, -0.25) is 4.79 Å². The van der Waals surface area contributed by atoms with Crippen LogP contribution in [0.5, 0.6) is 0 Å². The van der Waals surface area contributed by atoms with Gasteiger partial charge >= 0.3 is 0 Å². The van der Waals surface area contributed by atoms with E-state index in [1.807, 2.05) is 73.1 Å². The highest BCUT2D eigenvalue weighted by Gasteiger charge is 2.31. The third-order valence-corrected chi connectivity index (χ3v) is 5.44. The van der Waals surface area contributed by atoms with Gasteiger partial charge in [-0.15, -0.1) is 5.10 Å². The van der Waals surface area contributed by atoms with Crippen LogP contribution in [0.2, 0.25) is 0 Å². The Morgan fingerprint density at radius 2 is 1.96 bits per heavy atom. The molecule has 1 saturated carbocycles. The van der Waals surface area contributed by atoms with E-state index in [2.05, 4.69) is 10.4 Å². The number of nitrogens with one attached hydrogen (secondary N) is 1. The Morgan fingerprint density at radius 3 is 2.67 bits per heavy atom. The molecule has 2 aromatic carbocycles. The Morgan fingerprint density at radius 1 is 1.19 bits per heavy atom. The fourth-order valence-corrected chi connectivity index (χ4v) is 3.65. The molecule has 1 aliphatic carbocycles. The molecule has 1 aromatic heterocycles. The van der Waals surface area contributed by atoms with E-state index < -0.39 is 0 Å². The lowest BCUT2D eigenvalue weighted by Crippen LogP contribution is -2.22. The van der Waals surface area contributed by atoms with Crippen molar-refractivity contribution in [2.24, 2.45) is 0 Å². The van der Waals surface area contributed by atoms with E-state index in [1.54, 1.807) is 0 Å². The smallest absolute Gasteiger partial charge is 0.237 e. The Kier molecular flexibility index (Phi) is 4.99. The summed E-state index contributed by atoms with van der Waals surface area (Å²) in [5, 5.41) is 8.00. The molecule has 1 atom stereocenters. The monoisotopic (exact) mass is 378 g/mol. The van der Waals surface area contributed by atoms with Gasteiger partial charge in [0.1, 0.15) is 5.82 Å². The molecule has 27 heavy (non-hydrogen) atoms. The molecule has 1 heterocycles. The number of para-hydroxylation sites is 1. The van der Waals surface area contributed by atoms with E-state index in [4.69, 9.17) is 4.98 Å². The number of aryl methyl sites for hydroxylation is 1. The number of nitrogens with zero attached hydrogens (tertiary/aromatic N) is 3. The molecule has 0 radical (unpaired) electrons. The van der Waals surface area contributed by atoms with E-state index in [-0.39, 0.29) is 11.2 Å². The van der Waals surface area contributed by atoms with Crippen molar-refractivity contribution in [3.63, 3.8) is 0 Å². The predicted molar refractivity (Wildman–Crippen MR) is 108 cm³/mol. The summed E-state index contributed by atoms with van der Waals surface area (Å²) in [7, 11) is 0.